The van der Waals surface area contributed by atoms with Gasteiger partial charge in [-0.3, -0.25) is 0 Å². The smallest absolute Gasteiger partial charge is 0.410 e. The van der Waals surface area contributed by atoms with E-state index in [2.05, 4.69) is 11.3 Å². The van der Waals surface area contributed by atoms with E-state index in [9.17, 15) is 9.59 Å². The quantitative estimate of drug-likeness (QED) is 0.559. The average molecular weight is 255 g/mol. The van der Waals surface area contributed by atoms with Gasteiger partial charge in [-0.1, -0.05) is 6.58 Å². The van der Waals surface area contributed by atoms with Gasteiger partial charge in [-0.2, -0.15) is 0 Å². The Morgan fingerprint density at radius 2 is 1.94 bits per heavy atom. The maximum Gasteiger partial charge on any atom is 0.410 e. The standard InChI is InChI=1S/C13H21NO4/c1-9(11(15)17-5)10-6-7-14(8-10)12(16)18-13(2,3)4/h10H,1,6-8H2,2-5H3. The molecule has 5 nitrogen and oxygen atoms in total. The number of amides is 1. The van der Waals surface area contributed by atoms with E-state index >= 15 is 0 Å². The molecule has 0 aliphatic carbocycles. The molecular formula is C13H21NO4. The number of rotatable bonds is 2. The molecule has 1 heterocycles. The Morgan fingerprint density at radius 3 is 2.44 bits per heavy atom. The Labute approximate surface area is 108 Å². The maximum absolute atomic E-state index is 11.8. The Kier molecular flexibility index (Phi) is 4.38. The number of hydrogen-bond acceptors (Lipinski definition) is 4. The first-order chi connectivity index (χ1) is 8.24. The summed E-state index contributed by atoms with van der Waals surface area (Å²) in [6, 6.07) is 0. The van der Waals surface area contributed by atoms with E-state index in [4.69, 9.17) is 4.74 Å². The molecule has 0 bridgehead atoms. The molecule has 1 atom stereocenters. The zero-order chi connectivity index (χ0) is 13.9. The lowest BCUT2D eigenvalue weighted by atomic mass is 10.0. The predicted octanol–water partition coefficient (Wildman–Crippen LogP) is 1.97. The minimum Gasteiger partial charge on any atom is -0.466 e. The number of carbonyl (C=O) groups is 2. The van der Waals surface area contributed by atoms with Gasteiger partial charge in [0.05, 0.1) is 7.11 Å². The molecule has 5 heteroatoms. The van der Waals surface area contributed by atoms with Crippen molar-refractivity contribution in [3.63, 3.8) is 0 Å². The van der Waals surface area contributed by atoms with E-state index in [1.165, 1.54) is 7.11 Å². The molecule has 1 saturated heterocycles. The molecule has 0 spiro atoms. The van der Waals surface area contributed by atoms with Gasteiger partial charge in [0.25, 0.3) is 0 Å². The molecule has 0 saturated carbocycles. The van der Waals surface area contributed by atoms with Gasteiger partial charge in [0.15, 0.2) is 0 Å². The molecule has 0 aromatic carbocycles. The van der Waals surface area contributed by atoms with Gasteiger partial charge >= 0.3 is 12.1 Å². The Hall–Kier alpha value is -1.52. The van der Waals surface area contributed by atoms with Crippen molar-refractivity contribution in [1.29, 1.82) is 0 Å². The summed E-state index contributed by atoms with van der Waals surface area (Å²) in [5, 5.41) is 0. The number of esters is 1. The fourth-order valence-corrected chi connectivity index (χ4v) is 1.83. The third-order valence-electron chi connectivity index (χ3n) is 2.78. The van der Waals surface area contributed by atoms with Crippen LogP contribution in [0.15, 0.2) is 12.2 Å². The van der Waals surface area contributed by atoms with Crippen molar-refractivity contribution in [3.8, 4) is 0 Å². The number of hydrogen-bond donors (Lipinski definition) is 0. The van der Waals surface area contributed by atoms with Gasteiger partial charge in [0.1, 0.15) is 5.60 Å². The molecule has 1 fully saturated rings. The van der Waals surface area contributed by atoms with Crippen LogP contribution in [0, 0.1) is 5.92 Å². The summed E-state index contributed by atoms with van der Waals surface area (Å²) in [7, 11) is 1.33. The molecule has 1 aliphatic rings. The van der Waals surface area contributed by atoms with Gasteiger partial charge in [0, 0.05) is 24.6 Å². The van der Waals surface area contributed by atoms with E-state index in [1.54, 1.807) is 4.90 Å². The van der Waals surface area contributed by atoms with Gasteiger partial charge in [-0.05, 0) is 27.2 Å². The van der Waals surface area contributed by atoms with Crippen LogP contribution in [-0.2, 0) is 14.3 Å². The zero-order valence-corrected chi connectivity index (χ0v) is 11.5. The minimum atomic E-state index is -0.505. The lowest BCUT2D eigenvalue weighted by Crippen LogP contribution is -2.35. The highest BCUT2D eigenvalue weighted by molar-refractivity contribution is 5.88. The van der Waals surface area contributed by atoms with Crippen molar-refractivity contribution in [1.82, 2.24) is 4.90 Å². The monoisotopic (exact) mass is 255 g/mol. The number of methoxy groups -OCH3 is 1. The van der Waals surface area contributed by atoms with Gasteiger partial charge < -0.3 is 14.4 Å². The van der Waals surface area contributed by atoms with Crippen LogP contribution in [0.1, 0.15) is 27.2 Å². The van der Waals surface area contributed by atoms with Crippen LogP contribution in [0.4, 0.5) is 4.79 Å². The van der Waals surface area contributed by atoms with E-state index in [1.807, 2.05) is 20.8 Å². The molecule has 0 radical (unpaired) electrons. The average Bonchev–Trinajstić information content (AvgIpc) is 2.73. The van der Waals surface area contributed by atoms with Crippen molar-refractivity contribution in [2.24, 2.45) is 5.92 Å². The number of ether oxygens (including phenoxy) is 2. The SMILES string of the molecule is C=C(C(=O)OC)C1CCN(C(=O)OC(C)(C)C)C1. The summed E-state index contributed by atoms with van der Waals surface area (Å²) >= 11 is 0. The second kappa shape index (κ2) is 5.42. The second-order valence-electron chi connectivity index (χ2n) is 5.43. The van der Waals surface area contributed by atoms with Crippen LogP contribution in [0.5, 0.6) is 0 Å². The van der Waals surface area contributed by atoms with Gasteiger partial charge in [0.2, 0.25) is 0 Å². The molecule has 0 N–H and O–H groups in total. The van der Waals surface area contributed by atoms with Crippen LogP contribution in [0.2, 0.25) is 0 Å². The van der Waals surface area contributed by atoms with Crippen molar-refractivity contribution < 1.29 is 19.1 Å². The molecule has 0 aromatic heterocycles. The van der Waals surface area contributed by atoms with Crippen LogP contribution >= 0.6 is 0 Å². The van der Waals surface area contributed by atoms with Crippen molar-refractivity contribution in [2.45, 2.75) is 32.8 Å². The lowest BCUT2D eigenvalue weighted by Gasteiger charge is -2.24. The van der Waals surface area contributed by atoms with E-state index in [0.717, 1.165) is 0 Å². The largest absolute Gasteiger partial charge is 0.466 e. The Morgan fingerprint density at radius 1 is 1.33 bits per heavy atom. The highest BCUT2D eigenvalue weighted by atomic mass is 16.6. The predicted molar refractivity (Wildman–Crippen MR) is 67.1 cm³/mol. The summed E-state index contributed by atoms with van der Waals surface area (Å²) in [6.07, 6.45) is 0.371. The van der Waals surface area contributed by atoms with Gasteiger partial charge in [-0.25, -0.2) is 9.59 Å². The normalized spacial score (nSPS) is 19.6. The molecule has 102 valence electrons. The van der Waals surface area contributed by atoms with Crippen LogP contribution in [0.3, 0.4) is 0 Å². The summed E-state index contributed by atoms with van der Waals surface area (Å²) in [5.41, 5.74) is -0.0855. The summed E-state index contributed by atoms with van der Waals surface area (Å²) in [6.45, 7) is 10.2. The maximum atomic E-state index is 11.8. The molecule has 0 aromatic rings. The van der Waals surface area contributed by atoms with Crippen LogP contribution in [-0.4, -0.2) is 42.8 Å². The van der Waals surface area contributed by atoms with E-state index in [0.29, 0.717) is 25.1 Å². The van der Waals surface area contributed by atoms with Crippen molar-refractivity contribution >= 4 is 12.1 Å². The first-order valence-electron chi connectivity index (χ1n) is 5.99. The summed E-state index contributed by atoms with van der Waals surface area (Å²) < 4.78 is 9.91. The number of nitrogens with zero attached hydrogens (tertiary/aromatic N) is 1. The number of carbonyl (C=O) groups excluding carboxylic acids is 2. The third kappa shape index (κ3) is 3.75. The van der Waals surface area contributed by atoms with Crippen molar-refractivity contribution in [3.05, 3.63) is 12.2 Å². The second-order valence-corrected chi connectivity index (χ2v) is 5.43. The molecule has 1 unspecified atom stereocenters. The number of likely N-dealkylation sites (tertiary alicyclic amines) is 1. The Bertz CT molecular complexity index is 356. The topological polar surface area (TPSA) is 55.8 Å². The summed E-state index contributed by atoms with van der Waals surface area (Å²) in [5.74, 6) is -0.448. The summed E-state index contributed by atoms with van der Waals surface area (Å²) in [4.78, 5) is 24.8. The minimum absolute atomic E-state index is 0.0371. The molecule has 18 heavy (non-hydrogen) atoms. The lowest BCUT2D eigenvalue weighted by molar-refractivity contribution is -0.136. The Balaban J connectivity index is 2.54. The van der Waals surface area contributed by atoms with E-state index in [-0.39, 0.29) is 12.0 Å². The molecule has 1 amide bonds. The zero-order valence-electron chi connectivity index (χ0n) is 11.5. The van der Waals surface area contributed by atoms with E-state index < -0.39 is 11.6 Å². The molecular weight excluding hydrogens is 234 g/mol. The van der Waals surface area contributed by atoms with Crippen molar-refractivity contribution in [2.75, 3.05) is 20.2 Å². The first-order valence-corrected chi connectivity index (χ1v) is 5.99. The highest BCUT2D eigenvalue weighted by Crippen LogP contribution is 2.25. The fourth-order valence-electron chi connectivity index (χ4n) is 1.83. The first kappa shape index (κ1) is 14.5. The van der Waals surface area contributed by atoms with Crippen LogP contribution in [0.25, 0.3) is 0 Å². The fraction of sp³-hybridized carbons (Fsp3) is 0.692. The molecule has 1 aliphatic heterocycles. The molecule has 1 rings (SSSR count). The van der Waals surface area contributed by atoms with Crippen LogP contribution < -0.4 is 0 Å². The highest BCUT2D eigenvalue weighted by Gasteiger charge is 2.33. The third-order valence-corrected chi connectivity index (χ3v) is 2.78. The van der Waals surface area contributed by atoms with Gasteiger partial charge in [-0.15, -0.1) is 0 Å².